The van der Waals surface area contributed by atoms with Crippen LogP contribution in [0, 0.1) is 17.7 Å². The fourth-order valence-corrected chi connectivity index (χ4v) is 6.48. The summed E-state index contributed by atoms with van der Waals surface area (Å²) in [7, 11) is 4.74. The van der Waals surface area contributed by atoms with Crippen LogP contribution in [0.3, 0.4) is 0 Å². The van der Waals surface area contributed by atoms with Crippen molar-refractivity contribution in [2.45, 2.75) is 36.6 Å². The van der Waals surface area contributed by atoms with E-state index in [1.165, 1.54) is 49.8 Å². The molecule has 2 aromatic rings. The number of nitrogens with one attached hydrogen (secondary N) is 1. The largest absolute Gasteiger partial charge is 0.493 e. The van der Waals surface area contributed by atoms with Crippen molar-refractivity contribution in [2.75, 3.05) is 61.7 Å². The topological polar surface area (TPSA) is 97.4 Å². The smallest absolute Gasteiger partial charge is 0.246 e. The molecule has 9 nitrogen and oxygen atoms in total. The lowest BCUT2D eigenvalue weighted by atomic mass is 9.76. The number of hydrogen-bond donors (Lipinski definition) is 1. The Morgan fingerprint density at radius 2 is 1.65 bits per heavy atom. The van der Waals surface area contributed by atoms with Crippen molar-refractivity contribution in [3.63, 3.8) is 0 Å². The Morgan fingerprint density at radius 3 is 2.25 bits per heavy atom. The number of carbonyl (C=O) groups is 1. The fraction of sp³-hybridized carbons (Fsp3) is 0.552. The van der Waals surface area contributed by atoms with E-state index >= 15 is 0 Å². The summed E-state index contributed by atoms with van der Waals surface area (Å²) >= 11 is 0. The summed E-state index contributed by atoms with van der Waals surface area (Å²) in [6.45, 7) is 0.629. The van der Waals surface area contributed by atoms with Crippen molar-refractivity contribution in [3.8, 4) is 11.5 Å². The SMILES string of the molecule is COc1ccc(S(=O)(=O)N(C)CCOCC(=O)NCC2CCC(C(c3ccc(F)cc3)N(C)C)CC2)cc1OC. The van der Waals surface area contributed by atoms with Gasteiger partial charge in [-0.25, -0.2) is 12.8 Å². The molecule has 3 rings (SSSR count). The van der Waals surface area contributed by atoms with Crippen LogP contribution in [0.1, 0.15) is 37.3 Å². The first-order valence-corrected chi connectivity index (χ1v) is 15.0. The van der Waals surface area contributed by atoms with Gasteiger partial charge in [-0.1, -0.05) is 12.1 Å². The van der Waals surface area contributed by atoms with Gasteiger partial charge in [0, 0.05) is 32.2 Å². The predicted molar refractivity (Wildman–Crippen MR) is 151 cm³/mol. The van der Waals surface area contributed by atoms with Crippen LogP contribution in [0.4, 0.5) is 4.39 Å². The summed E-state index contributed by atoms with van der Waals surface area (Å²) in [4.78, 5) is 14.6. The number of rotatable bonds is 14. The first-order valence-electron chi connectivity index (χ1n) is 13.5. The first-order chi connectivity index (χ1) is 19.1. The van der Waals surface area contributed by atoms with Crippen molar-refractivity contribution in [1.82, 2.24) is 14.5 Å². The Morgan fingerprint density at radius 1 is 1.00 bits per heavy atom. The van der Waals surface area contributed by atoms with Gasteiger partial charge in [-0.3, -0.25) is 4.79 Å². The molecule has 1 unspecified atom stereocenters. The summed E-state index contributed by atoms with van der Waals surface area (Å²) in [6, 6.07) is 11.4. The molecular weight excluding hydrogens is 537 g/mol. The summed E-state index contributed by atoms with van der Waals surface area (Å²) in [6.07, 6.45) is 4.10. The lowest BCUT2D eigenvalue weighted by Crippen LogP contribution is -2.36. The van der Waals surface area contributed by atoms with E-state index in [1.54, 1.807) is 6.07 Å². The Hall–Kier alpha value is -2.73. The van der Waals surface area contributed by atoms with Gasteiger partial charge in [-0.15, -0.1) is 0 Å². The van der Waals surface area contributed by atoms with Gasteiger partial charge < -0.3 is 24.4 Å². The van der Waals surface area contributed by atoms with Gasteiger partial charge in [-0.05, 0) is 81.4 Å². The van der Waals surface area contributed by atoms with Gasteiger partial charge >= 0.3 is 0 Å². The number of benzene rings is 2. The van der Waals surface area contributed by atoms with Crippen molar-refractivity contribution < 1.29 is 31.8 Å². The van der Waals surface area contributed by atoms with Gasteiger partial charge in [0.25, 0.3) is 0 Å². The normalized spacial score (nSPS) is 18.5. The molecule has 0 aromatic heterocycles. The van der Waals surface area contributed by atoms with E-state index in [2.05, 4.69) is 24.3 Å². The number of ether oxygens (including phenoxy) is 3. The molecule has 0 heterocycles. The molecule has 1 fully saturated rings. The van der Waals surface area contributed by atoms with Crippen molar-refractivity contribution in [2.24, 2.45) is 11.8 Å². The van der Waals surface area contributed by atoms with E-state index in [0.717, 1.165) is 31.2 Å². The second-order valence-electron chi connectivity index (χ2n) is 10.4. The van der Waals surface area contributed by atoms with Gasteiger partial charge in [-0.2, -0.15) is 4.31 Å². The van der Waals surface area contributed by atoms with Crippen molar-refractivity contribution >= 4 is 15.9 Å². The van der Waals surface area contributed by atoms with E-state index in [1.807, 2.05) is 12.1 Å². The van der Waals surface area contributed by atoms with Crippen LogP contribution in [-0.4, -0.2) is 85.2 Å². The van der Waals surface area contributed by atoms with Gasteiger partial charge in [0.1, 0.15) is 12.4 Å². The molecular formula is C29H42FN3O6S. The first kappa shape index (κ1) is 31.8. The highest BCUT2D eigenvalue weighted by molar-refractivity contribution is 7.89. The quantitative estimate of drug-likeness (QED) is 0.341. The maximum atomic E-state index is 13.4. The molecule has 1 aliphatic carbocycles. The molecule has 1 aliphatic rings. The van der Waals surface area contributed by atoms with Crippen LogP contribution in [-0.2, 0) is 19.6 Å². The highest BCUT2D eigenvalue weighted by atomic mass is 32.2. The number of likely N-dealkylation sites (N-methyl/N-ethyl adjacent to an activating group) is 1. The molecule has 0 radical (unpaired) electrons. The third-order valence-electron chi connectivity index (χ3n) is 7.54. The number of methoxy groups -OCH3 is 2. The van der Waals surface area contributed by atoms with Gasteiger partial charge in [0.2, 0.25) is 15.9 Å². The van der Waals surface area contributed by atoms with Crippen LogP contribution >= 0.6 is 0 Å². The summed E-state index contributed by atoms with van der Waals surface area (Å²) in [5.74, 6) is 1.19. The monoisotopic (exact) mass is 579 g/mol. The van der Waals surface area contributed by atoms with Crippen LogP contribution in [0.25, 0.3) is 0 Å². The molecule has 222 valence electrons. The molecule has 1 saturated carbocycles. The fourth-order valence-electron chi connectivity index (χ4n) is 5.30. The molecule has 1 atom stereocenters. The minimum absolute atomic E-state index is 0.0784. The maximum Gasteiger partial charge on any atom is 0.246 e. The third-order valence-corrected chi connectivity index (χ3v) is 9.39. The number of nitrogens with zero attached hydrogens (tertiary/aromatic N) is 2. The van der Waals surface area contributed by atoms with E-state index in [4.69, 9.17) is 14.2 Å². The molecule has 0 saturated heterocycles. The van der Waals surface area contributed by atoms with Crippen molar-refractivity contribution in [3.05, 3.63) is 53.8 Å². The van der Waals surface area contributed by atoms with Crippen molar-refractivity contribution in [1.29, 1.82) is 0 Å². The second kappa shape index (κ2) is 14.8. The average Bonchev–Trinajstić information content (AvgIpc) is 2.95. The highest BCUT2D eigenvalue weighted by Gasteiger charge is 2.30. The number of amides is 1. The molecule has 11 heteroatoms. The second-order valence-corrected chi connectivity index (χ2v) is 12.5. The lowest BCUT2D eigenvalue weighted by Gasteiger charge is -2.37. The lowest BCUT2D eigenvalue weighted by molar-refractivity contribution is -0.126. The van der Waals surface area contributed by atoms with Crippen LogP contribution < -0.4 is 14.8 Å². The zero-order valence-corrected chi connectivity index (χ0v) is 24.9. The van der Waals surface area contributed by atoms with Gasteiger partial charge in [0.15, 0.2) is 11.5 Å². The molecule has 1 amide bonds. The third kappa shape index (κ3) is 8.39. The van der Waals surface area contributed by atoms with Crippen LogP contribution in [0.15, 0.2) is 47.4 Å². The molecule has 2 aromatic carbocycles. The minimum atomic E-state index is -3.76. The standard InChI is InChI=1S/C29H42FN3O6S/c1-32(2)29(23-10-12-24(30)13-11-23)22-8-6-21(7-9-22)19-31-28(34)20-39-17-16-33(3)40(35,36)25-14-15-26(37-4)27(18-25)38-5/h10-15,18,21-22,29H,6-9,16-17,19-20H2,1-5H3,(H,31,34). The van der Waals surface area contributed by atoms with E-state index in [0.29, 0.717) is 29.9 Å². The van der Waals surface area contributed by atoms with Crippen LogP contribution in [0.2, 0.25) is 0 Å². The summed E-state index contributed by atoms with van der Waals surface area (Å²) < 4.78 is 56.1. The summed E-state index contributed by atoms with van der Waals surface area (Å²) in [5, 5.41) is 2.95. The van der Waals surface area contributed by atoms with E-state index in [9.17, 15) is 17.6 Å². The average molecular weight is 580 g/mol. The Bertz CT molecular complexity index is 1200. The maximum absolute atomic E-state index is 13.4. The van der Waals surface area contributed by atoms with E-state index < -0.39 is 10.0 Å². The zero-order valence-electron chi connectivity index (χ0n) is 24.1. The minimum Gasteiger partial charge on any atom is -0.493 e. The van der Waals surface area contributed by atoms with E-state index in [-0.39, 0.29) is 42.4 Å². The summed E-state index contributed by atoms with van der Waals surface area (Å²) in [5.41, 5.74) is 1.13. The number of hydrogen-bond acceptors (Lipinski definition) is 7. The molecule has 0 bridgehead atoms. The molecule has 0 spiro atoms. The number of halogens is 1. The molecule has 40 heavy (non-hydrogen) atoms. The zero-order chi connectivity index (χ0) is 29.3. The van der Waals surface area contributed by atoms with Crippen LogP contribution in [0.5, 0.6) is 11.5 Å². The number of carbonyl (C=O) groups excluding carboxylic acids is 1. The Balaban J connectivity index is 1.37. The molecule has 0 aliphatic heterocycles. The highest BCUT2D eigenvalue weighted by Crippen LogP contribution is 2.39. The predicted octanol–water partition coefficient (Wildman–Crippen LogP) is 3.71. The van der Waals surface area contributed by atoms with Gasteiger partial charge in [0.05, 0.1) is 25.7 Å². The number of sulfonamides is 1. The Labute approximate surface area is 237 Å². The molecule has 1 N–H and O–H groups in total. The Kier molecular flexibility index (Phi) is 11.7.